The number of aliphatic hydroxyl groups is 1. The molecule has 7 heteroatoms. The van der Waals surface area contributed by atoms with Gasteiger partial charge in [-0.15, -0.1) is 0 Å². The van der Waals surface area contributed by atoms with E-state index in [0.29, 0.717) is 5.56 Å². The van der Waals surface area contributed by atoms with Crippen molar-refractivity contribution in [3.63, 3.8) is 0 Å². The van der Waals surface area contributed by atoms with E-state index in [1.165, 1.54) is 6.07 Å². The maximum absolute atomic E-state index is 11.9. The fourth-order valence-corrected chi connectivity index (χ4v) is 1.79. The van der Waals surface area contributed by atoms with Gasteiger partial charge in [0.05, 0.1) is 5.56 Å². The average Bonchev–Trinajstić information content (AvgIpc) is 2.40. The van der Waals surface area contributed by atoms with E-state index in [2.05, 4.69) is 17.2 Å². The summed E-state index contributed by atoms with van der Waals surface area (Å²) in [5.74, 6) is 4.29. The Bertz CT molecular complexity index is 520. The van der Waals surface area contributed by atoms with Crippen LogP contribution in [0.3, 0.4) is 0 Å². The van der Waals surface area contributed by atoms with Crippen molar-refractivity contribution in [3.05, 3.63) is 35.4 Å². The molecule has 1 aromatic carbocycles. The molecule has 0 atom stereocenters. The van der Waals surface area contributed by atoms with Crippen molar-refractivity contribution in [2.45, 2.75) is 5.51 Å². The van der Waals surface area contributed by atoms with Crippen molar-refractivity contribution >= 4 is 17.7 Å². The molecule has 1 amide bonds. The number of hydrogen-bond acceptors (Lipinski definition) is 3. The summed E-state index contributed by atoms with van der Waals surface area (Å²) in [7, 11) is 0. The molecule has 20 heavy (non-hydrogen) atoms. The van der Waals surface area contributed by atoms with Gasteiger partial charge >= 0.3 is 5.51 Å². The molecule has 0 aliphatic rings. The Balaban J connectivity index is 2.60. The summed E-state index contributed by atoms with van der Waals surface area (Å²) in [6.45, 7) is -0.428. The van der Waals surface area contributed by atoms with Crippen molar-refractivity contribution in [1.82, 2.24) is 5.32 Å². The zero-order valence-electron chi connectivity index (χ0n) is 10.3. The van der Waals surface area contributed by atoms with Gasteiger partial charge in [-0.1, -0.05) is 24.0 Å². The van der Waals surface area contributed by atoms with Crippen LogP contribution in [0.5, 0.6) is 0 Å². The van der Waals surface area contributed by atoms with Crippen molar-refractivity contribution in [2.24, 2.45) is 0 Å². The first-order valence-corrected chi connectivity index (χ1v) is 6.60. The lowest BCUT2D eigenvalue weighted by Gasteiger charge is -2.08. The Labute approximate surface area is 118 Å². The molecule has 0 heterocycles. The standard InChI is InChI=1S/C13H12F3NO2S/c14-13(15,16)20-9-7-17-12(19)11-6-2-1-4-10(11)5-3-8-18/h1-2,4,6,18H,7-9H2,(H,17,19). The summed E-state index contributed by atoms with van der Waals surface area (Å²) >= 11 is -0.187. The van der Waals surface area contributed by atoms with Crippen LogP contribution in [-0.4, -0.2) is 35.4 Å². The second-order valence-corrected chi connectivity index (χ2v) is 4.72. The van der Waals surface area contributed by atoms with E-state index in [9.17, 15) is 18.0 Å². The minimum Gasteiger partial charge on any atom is -0.384 e. The fourth-order valence-electron chi connectivity index (χ4n) is 1.35. The van der Waals surface area contributed by atoms with Crippen LogP contribution in [-0.2, 0) is 0 Å². The highest BCUT2D eigenvalue weighted by Gasteiger charge is 2.27. The van der Waals surface area contributed by atoms with Crippen molar-refractivity contribution < 1.29 is 23.1 Å². The Morgan fingerprint density at radius 1 is 1.35 bits per heavy atom. The van der Waals surface area contributed by atoms with Crippen LogP contribution in [0.4, 0.5) is 13.2 Å². The third kappa shape index (κ3) is 5.99. The molecule has 0 aromatic heterocycles. The molecule has 108 valence electrons. The third-order valence-electron chi connectivity index (χ3n) is 2.13. The van der Waals surface area contributed by atoms with Crippen LogP contribution >= 0.6 is 11.8 Å². The van der Waals surface area contributed by atoms with Crippen LogP contribution in [0.15, 0.2) is 24.3 Å². The smallest absolute Gasteiger partial charge is 0.384 e. The molecule has 0 bridgehead atoms. The zero-order valence-corrected chi connectivity index (χ0v) is 11.1. The molecule has 1 aromatic rings. The molecule has 0 saturated heterocycles. The summed E-state index contributed by atoms with van der Waals surface area (Å²) in [5.41, 5.74) is -3.61. The minimum atomic E-state index is -4.30. The van der Waals surface area contributed by atoms with E-state index in [4.69, 9.17) is 5.11 Å². The first kappa shape index (κ1) is 16.4. The highest BCUT2D eigenvalue weighted by Crippen LogP contribution is 2.29. The quantitative estimate of drug-likeness (QED) is 0.661. The lowest BCUT2D eigenvalue weighted by Crippen LogP contribution is -2.27. The SMILES string of the molecule is O=C(NCCSC(F)(F)F)c1ccccc1C#CCO. The third-order valence-corrected chi connectivity index (χ3v) is 2.86. The number of carbonyl (C=O) groups is 1. The Morgan fingerprint density at radius 3 is 2.70 bits per heavy atom. The number of carbonyl (C=O) groups excluding carboxylic acids is 1. The molecule has 0 radical (unpaired) electrons. The normalized spacial score (nSPS) is 10.6. The van der Waals surface area contributed by atoms with Gasteiger partial charge in [-0.05, 0) is 23.9 Å². The lowest BCUT2D eigenvalue weighted by molar-refractivity contribution is -0.0327. The second kappa shape index (κ2) is 7.82. The van der Waals surface area contributed by atoms with Crippen molar-refractivity contribution in [3.8, 4) is 11.8 Å². The number of amides is 1. The number of nitrogens with one attached hydrogen (secondary N) is 1. The van der Waals surface area contributed by atoms with Gasteiger partial charge in [0, 0.05) is 17.9 Å². The van der Waals surface area contributed by atoms with Gasteiger partial charge in [0.25, 0.3) is 5.91 Å². The maximum Gasteiger partial charge on any atom is 0.441 e. The number of hydrogen-bond donors (Lipinski definition) is 2. The van der Waals surface area contributed by atoms with E-state index in [0.717, 1.165) is 0 Å². The highest BCUT2D eigenvalue weighted by molar-refractivity contribution is 8.00. The molecule has 1 rings (SSSR count). The molecular weight excluding hydrogens is 291 g/mol. The van der Waals surface area contributed by atoms with E-state index in [-0.39, 0.29) is 36.2 Å². The van der Waals surface area contributed by atoms with E-state index < -0.39 is 11.4 Å². The van der Waals surface area contributed by atoms with Crippen LogP contribution in [0.25, 0.3) is 0 Å². The Kier molecular flexibility index (Phi) is 6.42. The second-order valence-electron chi connectivity index (χ2n) is 3.56. The summed E-state index contributed by atoms with van der Waals surface area (Å²) in [5, 5.41) is 11.0. The molecule has 3 nitrogen and oxygen atoms in total. The minimum absolute atomic E-state index is 0.0925. The van der Waals surface area contributed by atoms with Gasteiger partial charge in [0.1, 0.15) is 6.61 Å². The number of benzene rings is 1. The van der Waals surface area contributed by atoms with Crippen LogP contribution in [0.1, 0.15) is 15.9 Å². The van der Waals surface area contributed by atoms with E-state index in [1.807, 2.05) is 0 Å². The van der Waals surface area contributed by atoms with Crippen LogP contribution in [0.2, 0.25) is 0 Å². The Morgan fingerprint density at radius 2 is 2.05 bits per heavy atom. The largest absolute Gasteiger partial charge is 0.441 e. The number of halogens is 3. The van der Waals surface area contributed by atoms with Crippen LogP contribution < -0.4 is 5.32 Å². The topological polar surface area (TPSA) is 49.3 Å². The molecule has 0 unspecified atom stereocenters. The van der Waals surface area contributed by atoms with Crippen molar-refractivity contribution in [1.29, 1.82) is 0 Å². The predicted octanol–water partition coefficient (Wildman–Crippen LogP) is 2.01. The zero-order chi connectivity index (χ0) is 15.0. The maximum atomic E-state index is 11.9. The number of thioether (sulfide) groups is 1. The molecule has 2 N–H and O–H groups in total. The van der Waals surface area contributed by atoms with E-state index in [1.54, 1.807) is 18.2 Å². The summed E-state index contributed by atoms with van der Waals surface area (Å²) < 4.78 is 35.7. The van der Waals surface area contributed by atoms with Gasteiger partial charge in [0.2, 0.25) is 0 Å². The van der Waals surface area contributed by atoms with E-state index >= 15 is 0 Å². The van der Waals surface area contributed by atoms with Gasteiger partial charge in [-0.25, -0.2) is 0 Å². The molecule has 0 aliphatic heterocycles. The van der Waals surface area contributed by atoms with Gasteiger partial charge < -0.3 is 10.4 Å². The predicted molar refractivity (Wildman–Crippen MR) is 71.3 cm³/mol. The average molecular weight is 303 g/mol. The van der Waals surface area contributed by atoms with Crippen molar-refractivity contribution in [2.75, 3.05) is 18.9 Å². The fraction of sp³-hybridized carbons (Fsp3) is 0.308. The Hall–Kier alpha value is -1.65. The number of alkyl halides is 3. The first-order chi connectivity index (χ1) is 9.44. The summed E-state index contributed by atoms with van der Waals surface area (Å²) in [6, 6.07) is 6.43. The number of rotatable bonds is 4. The molecule has 0 fully saturated rings. The van der Waals surface area contributed by atoms with Gasteiger partial charge in [-0.2, -0.15) is 13.2 Å². The van der Waals surface area contributed by atoms with Gasteiger partial charge in [0.15, 0.2) is 0 Å². The highest BCUT2D eigenvalue weighted by atomic mass is 32.2. The van der Waals surface area contributed by atoms with Gasteiger partial charge in [-0.3, -0.25) is 4.79 Å². The number of aliphatic hydroxyl groups excluding tert-OH is 1. The summed E-state index contributed by atoms with van der Waals surface area (Å²) in [6.07, 6.45) is 0. The van der Waals surface area contributed by atoms with Crippen LogP contribution in [0, 0.1) is 11.8 Å². The first-order valence-electron chi connectivity index (χ1n) is 5.61. The molecule has 0 saturated carbocycles. The molecule has 0 aliphatic carbocycles. The summed E-state index contributed by atoms with van der Waals surface area (Å²) in [4.78, 5) is 11.8. The monoisotopic (exact) mass is 303 g/mol. The molecular formula is C13H12F3NO2S. The molecule has 0 spiro atoms. The lowest BCUT2D eigenvalue weighted by atomic mass is 10.1.